The van der Waals surface area contributed by atoms with Crippen LogP contribution < -0.4 is 0 Å². The van der Waals surface area contributed by atoms with Gasteiger partial charge < -0.3 is 117 Å². The first-order valence-corrected chi connectivity index (χ1v) is 34.2. The van der Waals surface area contributed by atoms with Gasteiger partial charge in [-0.15, -0.1) is 0 Å². The van der Waals surface area contributed by atoms with Crippen LogP contribution in [0.1, 0.15) is 138 Å². The summed E-state index contributed by atoms with van der Waals surface area (Å²) in [5.74, 6) is -1.78. The predicted molar refractivity (Wildman–Crippen MR) is 332 cm³/mol. The Morgan fingerprint density at radius 3 is 1.57 bits per heavy atom. The van der Waals surface area contributed by atoms with Crippen LogP contribution in [0.15, 0.2) is 48.1 Å². The molecular weight excluding hydrogens is 1240 g/mol. The Balaban J connectivity index is 0.640. The van der Waals surface area contributed by atoms with Gasteiger partial charge in [-0.3, -0.25) is 4.79 Å². The van der Waals surface area contributed by atoms with E-state index in [1.54, 1.807) is 41.1 Å². The molecule has 6 saturated heterocycles. The number of rotatable bonds is 20. The largest absolute Gasteiger partial charge is 0.458 e. The molecule has 26 nitrogen and oxygen atoms in total. The van der Waals surface area contributed by atoms with Crippen molar-refractivity contribution >= 4 is 17.8 Å². The Bertz CT molecular complexity index is 2770. The Hall–Kier alpha value is -3.08. The monoisotopic (exact) mass is 1350 g/mol. The molecule has 33 atom stereocenters. The van der Waals surface area contributed by atoms with Gasteiger partial charge in [0, 0.05) is 76.8 Å². The first-order valence-electron chi connectivity index (χ1n) is 34.2. The molecule has 10 aliphatic rings. The maximum absolute atomic E-state index is 13.7. The normalized spacial score (nSPS) is 49.5. The fraction of sp³-hybridized carbons (Fsp3) is 0.826. The molecule has 9 fully saturated rings. The van der Waals surface area contributed by atoms with Crippen LogP contribution in [0.5, 0.6) is 0 Å². The van der Waals surface area contributed by atoms with Crippen molar-refractivity contribution in [2.24, 2.45) is 22.7 Å². The van der Waals surface area contributed by atoms with Crippen molar-refractivity contribution in [3.05, 3.63) is 53.6 Å². The van der Waals surface area contributed by atoms with Gasteiger partial charge in [0.15, 0.2) is 37.7 Å². The van der Waals surface area contributed by atoms with E-state index in [0.29, 0.717) is 38.5 Å². The number of Topliss-reactive ketones (excluding diaryl/α,β-unsaturated/α-hetero) is 1. The number of esters is 1. The van der Waals surface area contributed by atoms with E-state index in [0.717, 1.165) is 11.1 Å². The lowest BCUT2D eigenvalue weighted by Gasteiger charge is -2.66. The minimum absolute atomic E-state index is 0.00298. The minimum atomic E-state index is -1.71. The van der Waals surface area contributed by atoms with E-state index in [1.165, 1.54) is 20.1 Å². The molecule has 0 bridgehead atoms. The summed E-state index contributed by atoms with van der Waals surface area (Å²) >= 11 is 0. The van der Waals surface area contributed by atoms with Crippen molar-refractivity contribution in [2.75, 3.05) is 27.9 Å². The smallest absolute Gasteiger partial charge is 0.331 e. The van der Waals surface area contributed by atoms with E-state index in [-0.39, 0.29) is 50.4 Å². The third kappa shape index (κ3) is 14.3. The van der Waals surface area contributed by atoms with E-state index >= 15 is 0 Å². The molecule has 3 saturated carbocycles. The molecule has 0 unspecified atom stereocenters. The van der Waals surface area contributed by atoms with Gasteiger partial charge in [0.05, 0.1) is 73.8 Å². The van der Waals surface area contributed by atoms with Crippen molar-refractivity contribution in [1.29, 1.82) is 0 Å². The summed E-state index contributed by atoms with van der Waals surface area (Å²) in [4.78, 5) is 27.0. The second-order valence-corrected chi connectivity index (χ2v) is 28.8. The van der Waals surface area contributed by atoms with Crippen LogP contribution in [0.4, 0.5) is 0 Å². The van der Waals surface area contributed by atoms with Gasteiger partial charge in [-0.2, -0.15) is 0 Å². The topological polar surface area (TPSA) is 344 Å². The number of carbonyl (C=O) groups excluding carboxylic acids is 2. The molecule has 95 heavy (non-hydrogen) atoms. The van der Waals surface area contributed by atoms with Gasteiger partial charge in [-0.1, -0.05) is 55.8 Å². The summed E-state index contributed by atoms with van der Waals surface area (Å²) in [6, 6.07) is 9.42. The van der Waals surface area contributed by atoms with E-state index < -0.39 is 206 Å². The van der Waals surface area contributed by atoms with E-state index in [9.17, 15) is 50.4 Å². The highest BCUT2D eigenvalue weighted by atomic mass is 16.8. The molecule has 6 heterocycles. The minimum Gasteiger partial charge on any atom is -0.458 e. The average molecular weight is 1350 g/mol. The molecule has 8 N–H and O–H groups in total. The van der Waals surface area contributed by atoms with E-state index in [4.69, 9.17) is 75.8 Å². The highest BCUT2D eigenvalue weighted by molar-refractivity contribution is 5.87. The van der Waals surface area contributed by atoms with Crippen molar-refractivity contribution < 1.29 is 126 Å². The second kappa shape index (κ2) is 29.9. The number of hydrogen-bond acceptors (Lipinski definition) is 26. The zero-order valence-electron chi connectivity index (χ0n) is 56.5. The zero-order chi connectivity index (χ0) is 68.2. The second-order valence-electron chi connectivity index (χ2n) is 28.8. The van der Waals surface area contributed by atoms with Crippen molar-refractivity contribution in [2.45, 2.75) is 310 Å². The summed E-state index contributed by atoms with van der Waals surface area (Å²) in [5.41, 5.74) is -3.16. The summed E-state index contributed by atoms with van der Waals surface area (Å²) in [6.45, 7) is 13.8. The first-order chi connectivity index (χ1) is 45.2. The lowest BCUT2D eigenvalue weighted by molar-refractivity contribution is -0.358. The van der Waals surface area contributed by atoms with Crippen LogP contribution in [0.25, 0.3) is 6.08 Å². The molecule has 0 amide bonds. The Morgan fingerprint density at radius 2 is 1.07 bits per heavy atom. The van der Waals surface area contributed by atoms with Gasteiger partial charge in [0.1, 0.15) is 78.0 Å². The number of ether oxygens (including phenoxy) is 16. The summed E-state index contributed by atoms with van der Waals surface area (Å²) in [6.07, 6.45) is -14.2. The van der Waals surface area contributed by atoms with E-state index in [1.807, 2.05) is 51.1 Å². The van der Waals surface area contributed by atoms with Crippen LogP contribution in [-0.2, 0) is 85.4 Å². The number of methoxy groups -OCH3 is 3. The molecule has 11 rings (SSSR count). The Kier molecular flexibility index (Phi) is 23.0. The zero-order valence-corrected chi connectivity index (χ0v) is 56.5. The number of aliphatic hydroxyl groups excluding tert-OH is 6. The molecule has 1 aromatic carbocycles. The summed E-state index contributed by atoms with van der Waals surface area (Å²) < 4.78 is 100. The highest BCUT2D eigenvalue weighted by Crippen LogP contribution is 2.70. The molecule has 536 valence electrons. The highest BCUT2D eigenvalue weighted by Gasteiger charge is 2.77. The average Bonchev–Trinajstić information content (AvgIpc) is 1.63. The van der Waals surface area contributed by atoms with Crippen LogP contribution in [0, 0.1) is 22.7 Å². The third-order valence-corrected chi connectivity index (χ3v) is 23.2. The van der Waals surface area contributed by atoms with Crippen molar-refractivity contribution in [1.82, 2.24) is 0 Å². The molecule has 26 heteroatoms. The number of fused-ring (bicyclic) bond motifs is 5. The van der Waals surface area contributed by atoms with Crippen LogP contribution in [0.3, 0.4) is 0 Å². The third-order valence-electron chi connectivity index (χ3n) is 23.2. The Labute approximate surface area is 555 Å². The van der Waals surface area contributed by atoms with Gasteiger partial charge in [0.2, 0.25) is 0 Å². The lowest BCUT2D eigenvalue weighted by atomic mass is 9.43. The molecular formula is C69H104O26. The van der Waals surface area contributed by atoms with Crippen LogP contribution >= 0.6 is 0 Å². The number of carbonyl (C=O) groups is 2. The number of ketones is 1. The molecule has 6 aliphatic heterocycles. The fourth-order valence-electron chi connectivity index (χ4n) is 17.8. The number of hydrogen-bond donors (Lipinski definition) is 8. The first kappa shape index (κ1) is 73.1. The molecule has 1 aromatic rings. The van der Waals surface area contributed by atoms with Gasteiger partial charge in [-0.05, 0) is 104 Å². The molecule has 0 radical (unpaired) electrons. The van der Waals surface area contributed by atoms with Crippen molar-refractivity contribution in [3.63, 3.8) is 0 Å². The van der Waals surface area contributed by atoms with Crippen LogP contribution in [-0.4, -0.2) is 258 Å². The van der Waals surface area contributed by atoms with Crippen molar-refractivity contribution in [3.8, 4) is 0 Å². The molecule has 0 spiro atoms. The Morgan fingerprint density at radius 1 is 0.589 bits per heavy atom. The maximum Gasteiger partial charge on any atom is 0.331 e. The predicted octanol–water partition coefficient (Wildman–Crippen LogP) is 3.17. The van der Waals surface area contributed by atoms with Gasteiger partial charge >= 0.3 is 5.97 Å². The number of benzene rings is 1. The fourth-order valence-corrected chi connectivity index (χ4v) is 17.8. The summed E-state index contributed by atoms with van der Waals surface area (Å²) in [7, 11) is 4.69. The lowest BCUT2D eigenvalue weighted by Crippen LogP contribution is -2.75. The molecule has 0 aromatic heterocycles. The van der Waals surface area contributed by atoms with E-state index in [2.05, 4.69) is 13.0 Å². The maximum atomic E-state index is 13.7. The molecule has 4 aliphatic carbocycles. The standard InChI is InChI=1S/C69H104O26/c1-33(71)42-21-24-69(79)67(42,8)50(90-51(74)18-17-39-15-13-12-14-16-39)31-49-66(7)22-20-41(25-40(66)19-23-68(49,69)78)88-54-28-45(80-9)63(36(4)85-54)94-56-29-46(81-10)62(37(5)86-56)93-53-27-44(73)60(34(2)84-53)91-52-26-43(72)61(35(3)83-52)92-55-30-47(82-11)64(38(6)87-55)95-65-59(77)58(76)57(75)48(32-70)89-65/h12-19,34-38,41-50,52-65,70,72-73,75-79H,20-32H2,1-11H3/t34-,35-,36-,37-,38-,41+,42+,43+,44-,45+,46+,47+,48-,49-,50-,52+,53+,54+,55+,56+,57-,58+,59-,60-,61-,62-,63-,64-,65+,66+,67+,68+,69-/m1/s1. The quantitative estimate of drug-likeness (QED) is 0.0528. The SMILES string of the molecule is CO[C@H]1C[C@H](O[C@H]2CC[C@@]3(C)C(=CC[C@]4(O)[C@@H]3C[C@@H](OC(=O)C=Cc3ccccc3)[C@]3(C)[C@H](C(C)=O)CC[C@@]34O)C2)O[C@H](C)[C@H]1O[C@H]1C[C@H](OC)[C@H](O[C@H]2C[C@@H](O)[C@H](O[C@H]3C[C@H](O)[C@H](O[C@H]4C[C@H](OC)[C@H](O[C@@H]5O[C@H](CO)[C@@H](O)[C@H](O)[C@H]5O)[C@@H](C)O4)[C@@H](C)O3)[C@@H](C)O2)[C@@H](C)O1. The van der Waals surface area contributed by atoms with Crippen LogP contribution in [0.2, 0.25) is 0 Å². The van der Waals surface area contributed by atoms with Gasteiger partial charge in [-0.25, -0.2) is 4.79 Å². The summed E-state index contributed by atoms with van der Waals surface area (Å²) in [5, 5.41) is 89.9. The number of aliphatic hydroxyl groups is 8. The van der Waals surface area contributed by atoms with Gasteiger partial charge in [0.25, 0.3) is 0 Å².